The maximum atomic E-state index is 8.87. The maximum Gasteiger partial charge on any atom is 0.130 e. The van der Waals surface area contributed by atoms with Crippen LogP contribution >= 0.6 is 11.6 Å². The van der Waals surface area contributed by atoms with Gasteiger partial charge in [0.15, 0.2) is 0 Å². The number of hydrogen-bond acceptors (Lipinski definition) is 3. The lowest BCUT2D eigenvalue weighted by Gasteiger charge is -2.13. The van der Waals surface area contributed by atoms with Gasteiger partial charge in [-0.05, 0) is 49.1 Å². The van der Waals surface area contributed by atoms with Crippen LogP contribution in [0.3, 0.4) is 0 Å². The molecule has 1 aliphatic heterocycles. The Balaban J connectivity index is 2.31. The summed E-state index contributed by atoms with van der Waals surface area (Å²) in [6.07, 6.45) is 4.95. The highest BCUT2D eigenvalue weighted by molar-refractivity contribution is 6.34. The Morgan fingerprint density at radius 1 is 1.43 bits per heavy atom. The summed E-state index contributed by atoms with van der Waals surface area (Å²) in [5.41, 5.74) is 3.87. The van der Waals surface area contributed by atoms with Crippen molar-refractivity contribution in [2.75, 3.05) is 5.32 Å². The summed E-state index contributed by atoms with van der Waals surface area (Å²) in [5, 5.41) is 12.6. The fourth-order valence-corrected chi connectivity index (χ4v) is 2.44. The Hall–Kier alpha value is -2.05. The van der Waals surface area contributed by atoms with Gasteiger partial charge in [-0.2, -0.15) is 5.26 Å². The average Bonchev–Trinajstić information content (AvgIpc) is 2.62. The molecule has 0 saturated heterocycles. The Labute approximate surface area is 130 Å². The smallest absolute Gasteiger partial charge is 0.130 e. The third kappa shape index (κ3) is 3.53. The zero-order valence-electron chi connectivity index (χ0n) is 12.4. The molecular weight excluding hydrogens is 282 g/mol. The van der Waals surface area contributed by atoms with Crippen molar-refractivity contribution in [2.45, 2.75) is 27.2 Å². The number of aliphatic imine (C=N–C) groups is 1. The van der Waals surface area contributed by atoms with Gasteiger partial charge in [0, 0.05) is 6.20 Å². The van der Waals surface area contributed by atoms with Gasteiger partial charge < -0.3 is 5.32 Å². The van der Waals surface area contributed by atoms with E-state index in [-0.39, 0.29) is 0 Å². The minimum Gasteiger partial charge on any atom is -0.339 e. The number of halogens is 1. The van der Waals surface area contributed by atoms with Crippen LogP contribution in [0.4, 0.5) is 5.69 Å². The predicted molar refractivity (Wildman–Crippen MR) is 88.5 cm³/mol. The standard InChI is InChI=1S/C17H18ClN3/c1-4-14-8-17(20-10-11(2)12(14)3)21-16-6-5-13(9-19)7-15(16)18/h5-8,10,12H,4H2,1-3H3,(H,20,21). The van der Waals surface area contributed by atoms with Gasteiger partial charge in [0.05, 0.1) is 22.3 Å². The van der Waals surface area contributed by atoms with Crippen molar-refractivity contribution < 1.29 is 0 Å². The molecule has 108 valence electrons. The minimum atomic E-state index is 0.398. The van der Waals surface area contributed by atoms with Gasteiger partial charge in [-0.25, -0.2) is 4.99 Å². The summed E-state index contributed by atoms with van der Waals surface area (Å²) < 4.78 is 0. The van der Waals surface area contributed by atoms with E-state index in [4.69, 9.17) is 16.9 Å². The first-order valence-electron chi connectivity index (χ1n) is 6.96. The monoisotopic (exact) mass is 299 g/mol. The first kappa shape index (κ1) is 15.3. The highest BCUT2D eigenvalue weighted by Gasteiger charge is 2.13. The number of hydrogen-bond donors (Lipinski definition) is 1. The van der Waals surface area contributed by atoms with E-state index in [9.17, 15) is 0 Å². The maximum absolute atomic E-state index is 8.87. The molecule has 0 aliphatic carbocycles. The van der Waals surface area contributed by atoms with E-state index in [2.05, 4.69) is 43.2 Å². The van der Waals surface area contributed by atoms with E-state index in [1.165, 1.54) is 11.1 Å². The molecule has 0 radical (unpaired) electrons. The second-order valence-electron chi connectivity index (χ2n) is 5.11. The SMILES string of the molecule is CCC1=CC(Nc2ccc(C#N)cc2Cl)=NC=C(C)C1C. The number of allylic oxidation sites excluding steroid dienone is 2. The lowest BCUT2D eigenvalue weighted by atomic mass is 9.92. The molecule has 1 aromatic carbocycles. The van der Waals surface area contributed by atoms with Crippen molar-refractivity contribution in [3.63, 3.8) is 0 Å². The summed E-state index contributed by atoms with van der Waals surface area (Å²) in [6.45, 7) is 6.43. The van der Waals surface area contributed by atoms with Gasteiger partial charge in [-0.1, -0.05) is 31.0 Å². The van der Waals surface area contributed by atoms with Crippen molar-refractivity contribution in [3.05, 3.63) is 52.2 Å². The molecule has 1 aromatic rings. The topological polar surface area (TPSA) is 48.2 Å². The van der Waals surface area contributed by atoms with E-state index < -0.39 is 0 Å². The van der Waals surface area contributed by atoms with Crippen LogP contribution in [0.5, 0.6) is 0 Å². The Morgan fingerprint density at radius 2 is 2.19 bits per heavy atom. The van der Waals surface area contributed by atoms with E-state index in [0.717, 1.165) is 17.9 Å². The van der Waals surface area contributed by atoms with Crippen molar-refractivity contribution in [2.24, 2.45) is 10.9 Å². The average molecular weight is 300 g/mol. The summed E-state index contributed by atoms with van der Waals surface area (Å²) in [4.78, 5) is 4.48. The number of anilines is 1. The Kier molecular flexibility index (Phi) is 4.82. The lowest BCUT2D eigenvalue weighted by molar-refractivity contribution is 0.761. The number of nitrogens with one attached hydrogen (secondary N) is 1. The fraction of sp³-hybridized carbons (Fsp3) is 0.294. The first-order chi connectivity index (χ1) is 10.0. The molecule has 0 saturated carbocycles. The summed E-state index contributed by atoms with van der Waals surface area (Å²) in [7, 11) is 0. The normalized spacial score (nSPS) is 18.0. The zero-order valence-corrected chi connectivity index (χ0v) is 13.2. The van der Waals surface area contributed by atoms with Crippen molar-refractivity contribution in [1.82, 2.24) is 0 Å². The molecule has 3 nitrogen and oxygen atoms in total. The highest BCUT2D eigenvalue weighted by Crippen LogP contribution is 2.27. The second-order valence-corrected chi connectivity index (χ2v) is 5.52. The molecule has 0 amide bonds. The quantitative estimate of drug-likeness (QED) is 0.843. The largest absolute Gasteiger partial charge is 0.339 e. The van der Waals surface area contributed by atoms with Crippen LogP contribution in [0.1, 0.15) is 32.8 Å². The number of benzene rings is 1. The number of nitrogens with zero attached hydrogens (tertiary/aromatic N) is 2. The summed E-state index contributed by atoms with van der Waals surface area (Å²) in [6, 6.07) is 7.26. The molecule has 1 N–H and O–H groups in total. The van der Waals surface area contributed by atoms with E-state index in [0.29, 0.717) is 16.5 Å². The number of nitriles is 1. The number of amidine groups is 1. The molecule has 0 fully saturated rings. The zero-order chi connectivity index (χ0) is 15.4. The van der Waals surface area contributed by atoms with Gasteiger partial charge in [-0.3, -0.25) is 0 Å². The van der Waals surface area contributed by atoms with Crippen LogP contribution in [0.15, 0.2) is 46.6 Å². The molecule has 21 heavy (non-hydrogen) atoms. The van der Waals surface area contributed by atoms with Crippen molar-refractivity contribution in [1.29, 1.82) is 5.26 Å². The van der Waals surface area contributed by atoms with Gasteiger partial charge in [0.2, 0.25) is 0 Å². The third-order valence-corrected chi connectivity index (χ3v) is 4.05. The first-order valence-corrected chi connectivity index (χ1v) is 7.34. The molecular formula is C17H18ClN3. The third-order valence-electron chi connectivity index (χ3n) is 3.74. The van der Waals surface area contributed by atoms with Crippen LogP contribution in [-0.2, 0) is 0 Å². The van der Waals surface area contributed by atoms with Gasteiger partial charge >= 0.3 is 0 Å². The van der Waals surface area contributed by atoms with E-state index in [1.54, 1.807) is 18.2 Å². The Bertz CT molecular complexity index is 678. The highest BCUT2D eigenvalue weighted by atomic mass is 35.5. The summed E-state index contributed by atoms with van der Waals surface area (Å²) in [5.74, 6) is 1.16. The number of rotatable bonds is 2. The molecule has 1 atom stereocenters. The Morgan fingerprint density at radius 3 is 2.81 bits per heavy atom. The van der Waals surface area contributed by atoms with Gasteiger partial charge in [0.25, 0.3) is 0 Å². The van der Waals surface area contributed by atoms with Crippen LogP contribution in [0.25, 0.3) is 0 Å². The summed E-state index contributed by atoms with van der Waals surface area (Å²) >= 11 is 6.19. The molecule has 0 aromatic heterocycles. The van der Waals surface area contributed by atoms with Gasteiger partial charge in [-0.15, -0.1) is 0 Å². The molecule has 1 aliphatic rings. The lowest BCUT2D eigenvalue weighted by Crippen LogP contribution is -2.10. The fourth-order valence-electron chi connectivity index (χ4n) is 2.21. The van der Waals surface area contributed by atoms with Crippen LogP contribution in [-0.4, -0.2) is 5.84 Å². The predicted octanol–water partition coefficient (Wildman–Crippen LogP) is 4.91. The second kappa shape index (κ2) is 6.60. The molecule has 4 heteroatoms. The van der Waals surface area contributed by atoms with Crippen LogP contribution in [0, 0.1) is 17.2 Å². The van der Waals surface area contributed by atoms with Crippen LogP contribution < -0.4 is 5.32 Å². The van der Waals surface area contributed by atoms with E-state index >= 15 is 0 Å². The van der Waals surface area contributed by atoms with Gasteiger partial charge in [0.1, 0.15) is 5.84 Å². The molecule has 0 bridgehead atoms. The molecule has 2 rings (SSSR count). The van der Waals surface area contributed by atoms with Crippen molar-refractivity contribution >= 4 is 23.1 Å². The van der Waals surface area contributed by atoms with Crippen molar-refractivity contribution in [3.8, 4) is 6.07 Å². The minimum absolute atomic E-state index is 0.398. The molecule has 1 unspecified atom stereocenters. The molecule has 0 spiro atoms. The van der Waals surface area contributed by atoms with E-state index in [1.807, 2.05) is 6.20 Å². The van der Waals surface area contributed by atoms with Crippen LogP contribution in [0.2, 0.25) is 5.02 Å². The molecule has 1 heterocycles.